The molecule has 0 radical (unpaired) electrons. The van der Waals surface area contributed by atoms with Gasteiger partial charge in [0, 0.05) is 47.2 Å². The molecule has 0 aliphatic rings. The summed E-state index contributed by atoms with van der Waals surface area (Å²) in [5, 5.41) is 13.2. The molecule has 0 bridgehead atoms. The van der Waals surface area contributed by atoms with Gasteiger partial charge in [-0.15, -0.1) is 0 Å². The summed E-state index contributed by atoms with van der Waals surface area (Å²) in [7, 11) is 3.87. The van der Waals surface area contributed by atoms with Gasteiger partial charge >= 0.3 is 5.97 Å². The Kier molecular flexibility index (Phi) is 9.86. The molecule has 216 valence electrons. The molecule has 42 heavy (non-hydrogen) atoms. The van der Waals surface area contributed by atoms with Crippen LogP contribution in [0.15, 0.2) is 79.1 Å². The minimum atomic E-state index is -0.700. The van der Waals surface area contributed by atoms with E-state index in [0.29, 0.717) is 29.9 Å². The van der Waals surface area contributed by atoms with E-state index in [1.165, 1.54) is 6.08 Å². The summed E-state index contributed by atoms with van der Waals surface area (Å²) in [4.78, 5) is 31.6. The van der Waals surface area contributed by atoms with Gasteiger partial charge in [-0.25, -0.2) is 4.98 Å². The number of nitrogens with zero attached hydrogens (tertiary/aromatic N) is 4. The highest BCUT2D eigenvalue weighted by Gasteiger charge is 2.19. The average molecular weight is 565 g/mol. The second kappa shape index (κ2) is 13.7. The van der Waals surface area contributed by atoms with Crippen LogP contribution in [-0.4, -0.2) is 53.0 Å². The number of likely N-dealkylation sites (N-methyl/N-ethyl adjacent to an activating group) is 1. The van der Waals surface area contributed by atoms with E-state index in [-0.39, 0.29) is 18.6 Å². The van der Waals surface area contributed by atoms with Crippen molar-refractivity contribution in [3.05, 3.63) is 84.7 Å². The minimum Gasteiger partial charge on any atom is -0.443 e. The smallest absolute Gasteiger partial charge is 0.324 e. The molecule has 2 aromatic heterocycles. The van der Waals surface area contributed by atoms with Crippen molar-refractivity contribution >= 4 is 28.6 Å². The lowest BCUT2D eigenvalue weighted by molar-refractivity contribution is -0.149. The Morgan fingerprint density at radius 3 is 2.62 bits per heavy atom. The van der Waals surface area contributed by atoms with Gasteiger partial charge in [0.1, 0.15) is 11.7 Å². The Morgan fingerprint density at radius 1 is 1.12 bits per heavy atom. The standard InChI is InChI=1S/C33H36N6O3/c1-22(2)14-30(35)33(41)42-21-39-20-29(25-10-5-8-23(15-25)18-34)28-17-26(19-36-32(28)39)24-9-6-11-27(16-24)37-31(40)12-7-13-38(3)4/h5-12,15-17,19-20,22,30H,13-14,21,35H2,1-4H3,(H,37,40). The summed E-state index contributed by atoms with van der Waals surface area (Å²) in [5.41, 5.74) is 11.2. The van der Waals surface area contributed by atoms with Crippen LogP contribution in [0.5, 0.6) is 0 Å². The first-order valence-electron chi connectivity index (χ1n) is 13.8. The number of anilines is 1. The number of amides is 1. The van der Waals surface area contributed by atoms with E-state index in [1.54, 1.807) is 22.9 Å². The van der Waals surface area contributed by atoms with E-state index < -0.39 is 12.0 Å². The summed E-state index contributed by atoms with van der Waals surface area (Å²) in [6.45, 7) is 4.63. The van der Waals surface area contributed by atoms with Gasteiger partial charge in [-0.05, 0) is 67.9 Å². The lowest BCUT2D eigenvalue weighted by Gasteiger charge is -2.14. The summed E-state index contributed by atoms with van der Waals surface area (Å²) in [6.07, 6.45) is 7.48. The maximum atomic E-state index is 12.5. The zero-order chi connectivity index (χ0) is 30.2. The Morgan fingerprint density at radius 2 is 1.88 bits per heavy atom. The van der Waals surface area contributed by atoms with Gasteiger partial charge in [-0.2, -0.15) is 5.26 Å². The fraction of sp³-hybridized carbons (Fsp3) is 0.273. The Balaban J connectivity index is 1.68. The van der Waals surface area contributed by atoms with Crippen molar-refractivity contribution in [1.29, 1.82) is 5.26 Å². The van der Waals surface area contributed by atoms with Gasteiger partial charge in [0.05, 0.1) is 11.6 Å². The molecule has 0 fully saturated rings. The van der Waals surface area contributed by atoms with E-state index in [0.717, 1.165) is 27.6 Å². The number of rotatable bonds is 11. The number of esters is 1. The summed E-state index contributed by atoms with van der Waals surface area (Å²) < 4.78 is 7.33. The molecule has 0 aliphatic carbocycles. The molecule has 9 nitrogen and oxygen atoms in total. The monoisotopic (exact) mass is 564 g/mol. The highest BCUT2D eigenvalue weighted by Crippen LogP contribution is 2.34. The van der Waals surface area contributed by atoms with Crippen LogP contribution in [0.4, 0.5) is 5.69 Å². The largest absolute Gasteiger partial charge is 0.443 e. The Hall–Kier alpha value is -4.78. The predicted molar refractivity (Wildman–Crippen MR) is 165 cm³/mol. The molecule has 0 saturated carbocycles. The van der Waals surface area contributed by atoms with E-state index in [2.05, 4.69) is 11.4 Å². The van der Waals surface area contributed by atoms with Crippen LogP contribution in [0.1, 0.15) is 25.8 Å². The fourth-order valence-electron chi connectivity index (χ4n) is 4.59. The molecule has 2 heterocycles. The fourth-order valence-corrected chi connectivity index (χ4v) is 4.59. The number of hydrogen-bond acceptors (Lipinski definition) is 7. The Bertz CT molecular complexity index is 1650. The molecule has 1 atom stereocenters. The van der Waals surface area contributed by atoms with Crippen molar-refractivity contribution in [3.63, 3.8) is 0 Å². The van der Waals surface area contributed by atoms with Gasteiger partial charge in [-0.1, -0.05) is 44.2 Å². The van der Waals surface area contributed by atoms with Crippen LogP contribution in [-0.2, 0) is 21.1 Å². The van der Waals surface area contributed by atoms with Crippen molar-refractivity contribution in [1.82, 2.24) is 14.5 Å². The van der Waals surface area contributed by atoms with Crippen LogP contribution in [0.2, 0.25) is 0 Å². The minimum absolute atomic E-state index is 0.0473. The Labute approximate surface area is 246 Å². The van der Waals surface area contributed by atoms with Gasteiger partial charge in [-0.3, -0.25) is 14.2 Å². The average Bonchev–Trinajstić information content (AvgIpc) is 3.33. The van der Waals surface area contributed by atoms with E-state index in [1.807, 2.05) is 87.6 Å². The molecular formula is C33H36N6O3. The molecule has 0 aliphatic heterocycles. The molecule has 4 aromatic rings. The first-order chi connectivity index (χ1) is 20.1. The number of aromatic nitrogens is 2. The quantitative estimate of drug-likeness (QED) is 0.190. The van der Waals surface area contributed by atoms with Crippen LogP contribution < -0.4 is 11.1 Å². The van der Waals surface area contributed by atoms with Crippen molar-refractivity contribution < 1.29 is 14.3 Å². The van der Waals surface area contributed by atoms with Crippen molar-refractivity contribution in [2.45, 2.75) is 33.0 Å². The number of nitrogens with one attached hydrogen (secondary N) is 1. The number of benzene rings is 2. The van der Waals surface area contributed by atoms with Gasteiger partial charge in [0.25, 0.3) is 0 Å². The van der Waals surface area contributed by atoms with Crippen molar-refractivity contribution in [2.75, 3.05) is 26.0 Å². The molecule has 4 rings (SSSR count). The molecule has 9 heteroatoms. The second-order valence-electron chi connectivity index (χ2n) is 10.9. The predicted octanol–water partition coefficient (Wildman–Crippen LogP) is 5.17. The number of ether oxygens (including phenoxy) is 1. The lowest BCUT2D eigenvalue weighted by Crippen LogP contribution is -2.33. The zero-order valence-electron chi connectivity index (χ0n) is 24.4. The van der Waals surface area contributed by atoms with Crippen LogP contribution in [0.25, 0.3) is 33.3 Å². The van der Waals surface area contributed by atoms with Crippen molar-refractivity contribution in [2.24, 2.45) is 11.7 Å². The highest BCUT2D eigenvalue weighted by atomic mass is 16.5. The van der Waals surface area contributed by atoms with Crippen LogP contribution >= 0.6 is 0 Å². The summed E-state index contributed by atoms with van der Waals surface area (Å²) >= 11 is 0. The first-order valence-corrected chi connectivity index (χ1v) is 13.8. The third-order valence-electron chi connectivity index (χ3n) is 6.59. The second-order valence-corrected chi connectivity index (χ2v) is 10.9. The van der Waals surface area contributed by atoms with Gasteiger partial charge < -0.3 is 20.7 Å². The number of fused-ring (bicyclic) bond motifs is 1. The topological polar surface area (TPSA) is 126 Å². The third-order valence-corrected chi connectivity index (χ3v) is 6.59. The number of nitrogens with two attached hydrogens (primary N) is 1. The number of nitriles is 1. The highest BCUT2D eigenvalue weighted by molar-refractivity contribution is 6.00. The first kappa shape index (κ1) is 30.2. The van der Waals surface area contributed by atoms with Crippen LogP contribution in [0, 0.1) is 17.2 Å². The molecular weight excluding hydrogens is 528 g/mol. The molecule has 0 spiro atoms. The van der Waals surface area contributed by atoms with Crippen molar-refractivity contribution in [3.8, 4) is 28.3 Å². The normalized spacial score (nSPS) is 12.1. The molecule has 3 N–H and O–H groups in total. The molecule has 0 saturated heterocycles. The maximum Gasteiger partial charge on any atom is 0.324 e. The lowest BCUT2D eigenvalue weighted by atomic mass is 10.0. The zero-order valence-corrected chi connectivity index (χ0v) is 24.4. The number of pyridine rings is 1. The summed E-state index contributed by atoms with van der Waals surface area (Å²) in [6, 6.07) is 18.4. The van der Waals surface area contributed by atoms with E-state index >= 15 is 0 Å². The van der Waals surface area contributed by atoms with Gasteiger partial charge in [0.2, 0.25) is 5.91 Å². The number of carbonyl (C=O) groups excluding carboxylic acids is 2. The molecule has 1 amide bonds. The van der Waals surface area contributed by atoms with Gasteiger partial charge in [0.15, 0.2) is 6.73 Å². The molecule has 1 unspecified atom stereocenters. The number of hydrogen-bond donors (Lipinski definition) is 2. The van der Waals surface area contributed by atoms with Crippen LogP contribution in [0.3, 0.4) is 0 Å². The number of carbonyl (C=O) groups is 2. The van der Waals surface area contributed by atoms with E-state index in [9.17, 15) is 14.9 Å². The molecule has 2 aromatic carbocycles. The third kappa shape index (κ3) is 7.69. The summed E-state index contributed by atoms with van der Waals surface area (Å²) in [5.74, 6) is -0.405. The maximum absolute atomic E-state index is 12.5. The SMILES string of the molecule is CC(C)CC(N)C(=O)OCn1cc(-c2cccc(C#N)c2)c2cc(-c3cccc(NC(=O)C=CCN(C)C)c3)cnc21. The van der Waals surface area contributed by atoms with E-state index in [4.69, 9.17) is 15.5 Å².